The first kappa shape index (κ1) is 17.6. The van der Waals surface area contributed by atoms with Crippen molar-refractivity contribution in [1.29, 1.82) is 0 Å². The van der Waals surface area contributed by atoms with Crippen molar-refractivity contribution in [3.63, 3.8) is 0 Å². The molecule has 1 aromatic carbocycles. The first-order chi connectivity index (χ1) is 13.0. The van der Waals surface area contributed by atoms with Gasteiger partial charge in [-0.05, 0) is 51.3 Å². The van der Waals surface area contributed by atoms with Crippen LogP contribution in [-0.4, -0.2) is 34.2 Å². The summed E-state index contributed by atoms with van der Waals surface area (Å²) in [6.45, 7) is 5.25. The number of nitrogens with one attached hydrogen (secondary N) is 2. The third-order valence-corrected chi connectivity index (χ3v) is 5.72. The Morgan fingerprint density at radius 2 is 2.15 bits per heavy atom. The lowest BCUT2D eigenvalue weighted by atomic mass is 9.97. The van der Waals surface area contributed by atoms with Crippen LogP contribution in [0.4, 0.5) is 11.4 Å². The third-order valence-electron chi connectivity index (χ3n) is 5.72. The fraction of sp³-hybridized carbons (Fsp3) is 0.450. The molecule has 4 rings (SSSR count). The molecule has 3 heterocycles. The van der Waals surface area contributed by atoms with E-state index in [9.17, 15) is 9.59 Å². The number of carbonyl (C=O) groups is 2. The van der Waals surface area contributed by atoms with E-state index in [1.165, 1.54) is 0 Å². The minimum absolute atomic E-state index is 0.0290. The summed E-state index contributed by atoms with van der Waals surface area (Å²) in [7, 11) is 1.90. The summed E-state index contributed by atoms with van der Waals surface area (Å²) in [5.74, 6) is -0.128. The number of hydrogen-bond donors (Lipinski definition) is 2. The summed E-state index contributed by atoms with van der Waals surface area (Å²) in [4.78, 5) is 27.2. The predicted molar refractivity (Wildman–Crippen MR) is 104 cm³/mol. The average molecular weight is 367 g/mol. The lowest BCUT2D eigenvalue weighted by Gasteiger charge is -2.41. The van der Waals surface area contributed by atoms with Gasteiger partial charge in [0.15, 0.2) is 0 Å². The number of piperidine rings is 1. The minimum Gasteiger partial charge on any atom is -0.358 e. The SMILES string of the molecule is Cc1nn(C)c(C)c1CNC(=O)c1ccc2c(c1)NC(=O)C1CCCCN21. The molecule has 0 bridgehead atoms. The Hall–Kier alpha value is -2.83. The first-order valence-corrected chi connectivity index (χ1v) is 9.44. The molecule has 1 fully saturated rings. The molecule has 7 nitrogen and oxygen atoms in total. The number of fused-ring (bicyclic) bond motifs is 3. The molecular weight excluding hydrogens is 342 g/mol. The number of hydrogen-bond acceptors (Lipinski definition) is 4. The van der Waals surface area contributed by atoms with Gasteiger partial charge in [0.1, 0.15) is 6.04 Å². The fourth-order valence-corrected chi connectivity index (χ4v) is 4.08. The van der Waals surface area contributed by atoms with Crippen LogP contribution >= 0.6 is 0 Å². The molecule has 2 aliphatic heterocycles. The normalized spacial score (nSPS) is 18.6. The van der Waals surface area contributed by atoms with Gasteiger partial charge in [-0.1, -0.05) is 0 Å². The number of carbonyl (C=O) groups excluding carboxylic acids is 2. The zero-order chi connectivity index (χ0) is 19.1. The number of rotatable bonds is 3. The topological polar surface area (TPSA) is 79.3 Å². The smallest absolute Gasteiger partial charge is 0.251 e. The molecule has 27 heavy (non-hydrogen) atoms. The van der Waals surface area contributed by atoms with E-state index in [1.807, 2.05) is 37.7 Å². The van der Waals surface area contributed by atoms with Crippen LogP contribution < -0.4 is 15.5 Å². The average Bonchev–Trinajstić information content (AvgIpc) is 2.91. The first-order valence-electron chi connectivity index (χ1n) is 9.44. The molecule has 0 spiro atoms. The number of benzene rings is 1. The zero-order valence-corrected chi connectivity index (χ0v) is 16.0. The molecule has 2 aromatic rings. The third kappa shape index (κ3) is 3.07. The van der Waals surface area contributed by atoms with E-state index in [4.69, 9.17) is 0 Å². The fourth-order valence-electron chi connectivity index (χ4n) is 4.08. The van der Waals surface area contributed by atoms with E-state index < -0.39 is 0 Å². The predicted octanol–water partition coefficient (Wildman–Crippen LogP) is 2.28. The van der Waals surface area contributed by atoms with E-state index in [1.54, 1.807) is 6.07 Å². The lowest BCUT2D eigenvalue weighted by molar-refractivity contribution is -0.118. The maximum atomic E-state index is 12.6. The largest absolute Gasteiger partial charge is 0.358 e. The van der Waals surface area contributed by atoms with Crippen molar-refractivity contribution in [3.05, 3.63) is 40.7 Å². The van der Waals surface area contributed by atoms with Gasteiger partial charge in [0.05, 0.1) is 17.1 Å². The van der Waals surface area contributed by atoms with Crippen LogP contribution in [0.2, 0.25) is 0 Å². The number of anilines is 2. The van der Waals surface area contributed by atoms with Crippen molar-refractivity contribution in [2.24, 2.45) is 7.05 Å². The van der Waals surface area contributed by atoms with Crippen molar-refractivity contribution in [2.75, 3.05) is 16.8 Å². The summed E-state index contributed by atoms with van der Waals surface area (Å²) in [6, 6.07) is 5.47. The second-order valence-corrected chi connectivity index (χ2v) is 7.38. The van der Waals surface area contributed by atoms with Crippen molar-refractivity contribution >= 4 is 23.2 Å². The monoisotopic (exact) mass is 367 g/mol. The van der Waals surface area contributed by atoms with Gasteiger partial charge in [-0.3, -0.25) is 14.3 Å². The zero-order valence-electron chi connectivity index (χ0n) is 16.0. The molecule has 1 atom stereocenters. The lowest BCUT2D eigenvalue weighted by Crippen LogP contribution is -2.50. The Morgan fingerprint density at radius 3 is 2.89 bits per heavy atom. The molecule has 0 aliphatic carbocycles. The molecule has 0 saturated carbocycles. The van der Waals surface area contributed by atoms with Gasteiger partial charge < -0.3 is 15.5 Å². The molecule has 1 unspecified atom stereocenters. The van der Waals surface area contributed by atoms with Gasteiger partial charge in [0.2, 0.25) is 5.91 Å². The van der Waals surface area contributed by atoms with Crippen molar-refractivity contribution in [3.8, 4) is 0 Å². The quantitative estimate of drug-likeness (QED) is 0.872. The summed E-state index contributed by atoms with van der Waals surface area (Å²) >= 11 is 0. The minimum atomic E-state index is -0.157. The van der Waals surface area contributed by atoms with Crippen molar-refractivity contribution in [1.82, 2.24) is 15.1 Å². The highest BCUT2D eigenvalue weighted by molar-refractivity contribution is 6.05. The van der Waals surface area contributed by atoms with Crippen molar-refractivity contribution in [2.45, 2.75) is 45.7 Å². The van der Waals surface area contributed by atoms with Gasteiger partial charge in [0, 0.05) is 37.0 Å². The Morgan fingerprint density at radius 1 is 1.33 bits per heavy atom. The Kier molecular flexibility index (Phi) is 4.37. The summed E-state index contributed by atoms with van der Waals surface area (Å²) < 4.78 is 1.82. The molecule has 7 heteroatoms. The number of nitrogens with zero attached hydrogens (tertiary/aromatic N) is 3. The van der Waals surface area contributed by atoms with Gasteiger partial charge in [0.25, 0.3) is 5.91 Å². The number of aromatic nitrogens is 2. The molecule has 2 aliphatic rings. The van der Waals surface area contributed by atoms with E-state index in [2.05, 4.69) is 20.6 Å². The van der Waals surface area contributed by atoms with E-state index in [0.29, 0.717) is 12.1 Å². The van der Waals surface area contributed by atoms with Gasteiger partial charge in [-0.25, -0.2) is 0 Å². The number of aryl methyl sites for hydroxylation is 2. The van der Waals surface area contributed by atoms with Gasteiger partial charge in [-0.2, -0.15) is 5.10 Å². The molecule has 0 radical (unpaired) electrons. The highest BCUT2D eigenvalue weighted by Crippen LogP contribution is 2.36. The molecule has 142 valence electrons. The maximum absolute atomic E-state index is 12.6. The van der Waals surface area contributed by atoms with Crippen molar-refractivity contribution < 1.29 is 9.59 Å². The van der Waals surface area contributed by atoms with Gasteiger partial charge >= 0.3 is 0 Å². The Labute approximate surface area is 158 Å². The highest BCUT2D eigenvalue weighted by Gasteiger charge is 2.34. The van der Waals surface area contributed by atoms with Crippen LogP contribution in [0.15, 0.2) is 18.2 Å². The van der Waals surface area contributed by atoms with E-state index in [0.717, 1.165) is 54.1 Å². The summed E-state index contributed by atoms with van der Waals surface area (Å²) in [6.07, 6.45) is 3.06. The standard InChI is InChI=1S/C20H25N5O2/c1-12-15(13(2)24(3)23-12)11-21-19(26)14-7-8-17-16(10-14)22-20(27)18-6-4-5-9-25(17)18/h7-8,10,18H,4-6,9,11H2,1-3H3,(H,21,26)(H,22,27). The Bertz CT molecular complexity index is 917. The summed E-state index contributed by atoms with van der Waals surface area (Å²) in [5, 5.41) is 10.3. The van der Waals surface area contributed by atoms with Crippen LogP contribution in [0.5, 0.6) is 0 Å². The van der Waals surface area contributed by atoms with Crippen LogP contribution in [0.3, 0.4) is 0 Å². The molecule has 1 aromatic heterocycles. The molecule has 2 amide bonds. The van der Waals surface area contributed by atoms with Crippen LogP contribution in [0, 0.1) is 13.8 Å². The van der Waals surface area contributed by atoms with E-state index >= 15 is 0 Å². The molecule has 2 N–H and O–H groups in total. The second kappa shape index (κ2) is 6.72. The Balaban J connectivity index is 1.52. The molecule has 1 saturated heterocycles. The summed E-state index contributed by atoms with van der Waals surface area (Å²) in [5.41, 5.74) is 5.28. The van der Waals surface area contributed by atoms with Crippen LogP contribution in [-0.2, 0) is 18.4 Å². The van der Waals surface area contributed by atoms with Crippen LogP contribution in [0.25, 0.3) is 0 Å². The van der Waals surface area contributed by atoms with Crippen LogP contribution in [0.1, 0.15) is 46.6 Å². The molecular formula is C20H25N5O2. The van der Waals surface area contributed by atoms with E-state index in [-0.39, 0.29) is 17.9 Å². The number of amides is 2. The highest BCUT2D eigenvalue weighted by atomic mass is 16.2. The second-order valence-electron chi connectivity index (χ2n) is 7.38. The van der Waals surface area contributed by atoms with Gasteiger partial charge in [-0.15, -0.1) is 0 Å². The maximum Gasteiger partial charge on any atom is 0.251 e.